The minimum Gasteiger partial charge on any atom is -0.466 e. The number of nitro groups is 1. The molecule has 0 aliphatic heterocycles. The summed E-state index contributed by atoms with van der Waals surface area (Å²) in [6.45, 7) is 4.01. The van der Waals surface area contributed by atoms with Gasteiger partial charge in [0.15, 0.2) is 0 Å². The van der Waals surface area contributed by atoms with Crippen LogP contribution in [0.25, 0.3) is 0 Å². The molecule has 0 aliphatic rings. The molecule has 0 radical (unpaired) electrons. The zero-order chi connectivity index (χ0) is 17.9. The van der Waals surface area contributed by atoms with Crippen LogP contribution >= 0.6 is 0 Å². The molecule has 1 aromatic rings. The number of carbonyl (C=O) groups is 2. The van der Waals surface area contributed by atoms with Crippen molar-refractivity contribution in [3.63, 3.8) is 0 Å². The van der Waals surface area contributed by atoms with Gasteiger partial charge in [0.2, 0.25) is 0 Å². The molecule has 0 atom stereocenters. The average Bonchev–Trinajstić information content (AvgIpc) is 2.54. The van der Waals surface area contributed by atoms with E-state index in [1.807, 2.05) is 6.92 Å². The molecule has 132 valence electrons. The molecule has 0 unspecified atom stereocenters. The summed E-state index contributed by atoms with van der Waals surface area (Å²) in [5.74, 6) is -0.756. The Morgan fingerprint density at radius 1 is 1.12 bits per heavy atom. The monoisotopic (exact) mass is 337 g/mol. The molecule has 0 N–H and O–H groups in total. The highest BCUT2D eigenvalue weighted by Crippen LogP contribution is 2.21. The Morgan fingerprint density at radius 2 is 1.79 bits per heavy atom. The number of hydrogen-bond acceptors (Lipinski definition) is 6. The van der Waals surface area contributed by atoms with E-state index in [1.54, 1.807) is 19.1 Å². The molecule has 24 heavy (non-hydrogen) atoms. The van der Waals surface area contributed by atoms with Crippen molar-refractivity contribution in [1.29, 1.82) is 0 Å². The van der Waals surface area contributed by atoms with Crippen LogP contribution in [0.1, 0.15) is 50.2 Å². The standard InChI is InChI=1S/C17H23NO6/c1-3-4-11-23-16(19)9-6-10-17(20)24-12-14-7-5-8-15(13(14)2)18(21)22/h5,7-8H,3-4,6,9-12H2,1-2H3. The van der Waals surface area contributed by atoms with Gasteiger partial charge in [-0.05, 0) is 25.3 Å². The van der Waals surface area contributed by atoms with Gasteiger partial charge in [0.25, 0.3) is 5.69 Å². The number of ether oxygens (including phenoxy) is 2. The molecule has 0 saturated carbocycles. The lowest BCUT2D eigenvalue weighted by molar-refractivity contribution is -0.385. The predicted molar refractivity (Wildman–Crippen MR) is 87.3 cm³/mol. The van der Waals surface area contributed by atoms with Crippen LogP contribution in [0.3, 0.4) is 0 Å². The molecular weight excluding hydrogens is 314 g/mol. The van der Waals surface area contributed by atoms with Crippen LogP contribution < -0.4 is 0 Å². The van der Waals surface area contributed by atoms with E-state index < -0.39 is 10.9 Å². The van der Waals surface area contributed by atoms with E-state index >= 15 is 0 Å². The molecule has 0 amide bonds. The van der Waals surface area contributed by atoms with Crippen molar-refractivity contribution in [1.82, 2.24) is 0 Å². The molecular formula is C17H23NO6. The van der Waals surface area contributed by atoms with E-state index in [2.05, 4.69) is 0 Å². The number of rotatable bonds is 10. The molecule has 0 aliphatic carbocycles. The van der Waals surface area contributed by atoms with Crippen molar-refractivity contribution in [2.45, 2.75) is 52.6 Å². The SMILES string of the molecule is CCCCOC(=O)CCCC(=O)OCc1cccc([N+](=O)[O-])c1C. The van der Waals surface area contributed by atoms with Gasteiger partial charge in [-0.25, -0.2) is 0 Å². The molecule has 0 bridgehead atoms. The maximum atomic E-state index is 11.7. The van der Waals surface area contributed by atoms with Crippen molar-refractivity contribution in [2.75, 3.05) is 6.61 Å². The number of esters is 2. The van der Waals surface area contributed by atoms with Crippen LogP contribution in [0.2, 0.25) is 0 Å². The molecule has 0 heterocycles. The lowest BCUT2D eigenvalue weighted by Crippen LogP contribution is -2.09. The van der Waals surface area contributed by atoms with Crippen molar-refractivity contribution in [3.8, 4) is 0 Å². The third-order valence-electron chi connectivity index (χ3n) is 3.53. The van der Waals surface area contributed by atoms with E-state index in [1.165, 1.54) is 6.07 Å². The fourth-order valence-corrected chi connectivity index (χ4v) is 2.03. The number of nitro benzene ring substituents is 1. The quantitative estimate of drug-likeness (QED) is 0.281. The van der Waals surface area contributed by atoms with Gasteiger partial charge < -0.3 is 9.47 Å². The largest absolute Gasteiger partial charge is 0.466 e. The average molecular weight is 337 g/mol. The third kappa shape index (κ3) is 6.76. The van der Waals surface area contributed by atoms with Crippen LogP contribution in [0.4, 0.5) is 5.69 Å². The molecule has 1 aromatic carbocycles. The Labute approximate surface area is 141 Å². The van der Waals surface area contributed by atoms with Gasteiger partial charge in [0.1, 0.15) is 6.61 Å². The zero-order valence-electron chi connectivity index (χ0n) is 14.1. The summed E-state index contributed by atoms with van der Waals surface area (Å²) in [6, 6.07) is 4.64. The van der Waals surface area contributed by atoms with E-state index in [0.717, 1.165) is 12.8 Å². The van der Waals surface area contributed by atoms with E-state index in [0.29, 0.717) is 24.2 Å². The smallest absolute Gasteiger partial charge is 0.306 e. The normalized spacial score (nSPS) is 10.2. The van der Waals surface area contributed by atoms with E-state index in [-0.39, 0.29) is 31.1 Å². The Kier molecular flexibility index (Phi) is 8.46. The van der Waals surface area contributed by atoms with Crippen molar-refractivity contribution >= 4 is 17.6 Å². The second-order valence-electron chi connectivity index (χ2n) is 5.41. The van der Waals surface area contributed by atoms with Crippen molar-refractivity contribution < 1.29 is 24.0 Å². The number of hydrogen-bond donors (Lipinski definition) is 0. The summed E-state index contributed by atoms with van der Waals surface area (Å²) < 4.78 is 10.1. The summed E-state index contributed by atoms with van der Waals surface area (Å²) in [6.07, 6.45) is 2.43. The van der Waals surface area contributed by atoms with Gasteiger partial charge in [0.05, 0.1) is 11.5 Å². The molecule has 7 heteroatoms. The molecule has 0 aromatic heterocycles. The van der Waals surface area contributed by atoms with Gasteiger partial charge in [-0.15, -0.1) is 0 Å². The summed E-state index contributed by atoms with van der Waals surface area (Å²) in [4.78, 5) is 33.5. The first-order valence-electron chi connectivity index (χ1n) is 7.99. The first kappa shape index (κ1) is 19.6. The number of benzene rings is 1. The fraction of sp³-hybridized carbons (Fsp3) is 0.529. The maximum absolute atomic E-state index is 11.7. The Bertz CT molecular complexity index is 584. The van der Waals surface area contributed by atoms with Crippen LogP contribution in [0.15, 0.2) is 18.2 Å². The van der Waals surface area contributed by atoms with Crippen molar-refractivity contribution in [3.05, 3.63) is 39.4 Å². The topological polar surface area (TPSA) is 95.7 Å². The summed E-state index contributed by atoms with van der Waals surface area (Å²) in [5.41, 5.74) is 1.07. The highest BCUT2D eigenvalue weighted by Gasteiger charge is 2.14. The minimum absolute atomic E-state index is 0.00151. The fourth-order valence-electron chi connectivity index (χ4n) is 2.03. The van der Waals surface area contributed by atoms with Crippen LogP contribution in [-0.2, 0) is 25.7 Å². The van der Waals surface area contributed by atoms with Gasteiger partial charge in [-0.3, -0.25) is 19.7 Å². The zero-order valence-corrected chi connectivity index (χ0v) is 14.1. The lowest BCUT2D eigenvalue weighted by atomic mass is 10.1. The minimum atomic E-state index is -0.467. The maximum Gasteiger partial charge on any atom is 0.306 e. The number of unbranched alkanes of at least 4 members (excludes halogenated alkanes) is 1. The van der Waals surface area contributed by atoms with Crippen LogP contribution in [-0.4, -0.2) is 23.5 Å². The van der Waals surface area contributed by atoms with Gasteiger partial charge in [-0.2, -0.15) is 0 Å². The Balaban J connectivity index is 2.33. The van der Waals surface area contributed by atoms with Crippen molar-refractivity contribution in [2.24, 2.45) is 0 Å². The molecule has 1 rings (SSSR count). The number of nitrogens with zero attached hydrogens (tertiary/aromatic N) is 1. The number of carbonyl (C=O) groups excluding carboxylic acids is 2. The Morgan fingerprint density at radius 3 is 2.42 bits per heavy atom. The molecule has 7 nitrogen and oxygen atoms in total. The highest BCUT2D eigenvalue weighted by molar-refractivity contribution is 5.72. The first-order valence-corrected chi connectivity index (χ1v) is 7.99. The molecule has 0 spiro atoms. The van der Waals surface area contributed by atoms with Gasteiger partial charge >= 0.3 is 11.9 Å². The lowest BCUT2D eigenvalue weighted by Gasteiger charge is -2.08. The Hall–Kier alpha value is -2.44. The second-order valence-corrected chi connectivity index (χ2v) is 5.41. The second kappa shape index (κ2) is 10.4. The van der Waals surface area contributed by atoms with Crippen LogP contribution in [0.5, 0.6) is 0 Å². The van der Waals surface area contributed by atoms with Crippen LogP contribution in [0, 0.1) is 17.0 Å². The van der Waals surface area contributed by atoms with Gasteiger partial charge in [0, 0.05) is 24.5 Å². The summed E-state index contributed by atoms with van der Waals surface area (Å²) in [5, 5.41) is 10.9. The first-order chi connectivity index (χ1) is 11.5. The highest BCUT2D eigenvalue weighted by atomic mass is 16.6. The summed E-state index contributed by atoms with van der Waals surface area (Å²) in [7, 11) is 0. The third-order valence-corrected chi connectivity index (χ3v) is 3.53. The van der Waals surface area contributed by atoms with E-state index in [4.69, 9.17) is 9.47 Å². The van der Waals surface area contributed by atoms with E-state index in [9.17, 15) is 19.7 Å². The molecule has 0 saturated heterocycles. The molecule has 0 fully saturated rings. The summed E-state index contributed by atoms with van der Waals surface area (Å²) >= 11 is 0. The predicted octanol–water partition coefficient (Wildman–Crippen LogP) is 3.46. The van der Waals surface area contributed by atoms with Gasteiger partial charge in [-0.1, -0.05) is 25.5 Å².